The van der Waals surface area contributed by atoms with Crippen LogP contribution < -0.4 is 0 Å². The van der Waals surface area contributed by atoms with Gasteiger partial charge in [0.15, 0.2) is 0 Å². The van der Waals surface area contributed by atoms with Crippen LogP contribution in [0.5, 0.6) is 0 Å². The van der Waals surface area contributed by atoms with E-state index in [1.54, 1.807) is 0 Å². The summed E-state index contributed by atoms with van der Waals surface area (Å²) in [6.45, 7) is 10.0. The predicted molar refractivity (Wildman–Crippen MR) is 70.6 cm³/mol. The van der Waals surface area contributed by atoms with Crippen LogP contribution in [-0.4, -0.2) is 0 Å². The van der Waals surface area contributed by atoms with Crippen LogP contribution in [0.3, 0.4) is 0 Å². The minimum Gasteiger partial charge on any atom is -0.0885 e. The van der Waals surface area contributed by atoms with E-state index in [2.05, 4.69) is 32.9 Å². The van der Waals surface area contributed by atoms with Crippen LogP contribution in [0.1, 0.15) is 64.7 Å². The molecule has 0 spiro atoms. The summed E-state index contributed by atoms with van der Waals surface area (Å²) in [5, 5.41) is 0. The van der Waals surface area contributed by atoms with Crippen LogP contribution in [0.15, 0.2) is 12.2 Å². The van der Waals surface area contributed by atoms with Crippen molar-refractivity contribution in [1.82, 2.24) is 0 Å². The highest BCUT2D eigenvalue weighted by Crippen LogP contribution is 2.18. The zero-order valence-corrected chi connectivity index (χ0v) is 10.5. The van der Waals surface area contributed by atoms with Crippen molar-refractivity contribution in [2.45, 2.75) is 64.7 Å². The minimum atomic E-state index is 0.899. The fourth-order valence-corrected chi connectivity index (χ4v) is 1.80. The lowest BCUT2D eigenvalue weighted by Crippen LogP contribution is -1.97. The van der Waals surface area contributed by atoms with E-state index in [4.69, 9.17) is 0 Å². The summed E-state index contributed by atoms with van der Waals surface area (Å²) in [6, 6.07) is 0. The molecule has 0 N–H and O–H groups in total. The van der Waals surface area contributed by atoms with Gasteiger partial charge in [0.1, 0.15) is 0 Å². The molecule has 0 aliphatic heterocycles. The predicted octanol–water partition coefficient (Wildman–Crippen LogP) is 5.36. The monoisotopic (exact) mass is 208 g/mol. The van der Waals surface area contributed by atoms with Gasteiger partial charge in [0.2, 0.25) is 0 Å². The molecule has 0 bridgehead atoms. The normalized spacial score (nSPS) is 13.5. The second kappa shape index (κ2) is 11.8. The number of hydrogen-bond acceptors (Lipinski definition) is 0. The van der Waals surface area contributed by atoms with Gasteiger partial charge >= 0.3 is 0 Å². The molecule has 0 aliphatic rings. The Morgan fingerprint density at radius 1 is 1.00 bits per heavy atom. The Morgan fingerprint density at radius 3 is 2.40 bits per heavy atom. The van der Waals surface area contributed by atoms with Crippen molar-refractivity contribution in [2.75, 3.05) is 0 Å². The maximum atomic E-state index is 3.88. The highest BCUT2D eigenvalue weighted by molar-refractivity contribution is 4.84. The van der Waals surface area contributed by atoms with Crippen LogP contribution >= 0.6 is 0 Å². The highest BCUT2D eigenvalue weighted by Gasteiger charge is 2.03. The fourth-order valence-electron chi connectivity index (χ4n) is 1.80. The summed E-state index contributed by atoms with van der Waals surface area (Å²) in [6.07, 6.45) is 15.9. The van der Waals surface area contributed by atoms with Crippen molar-refractivity contribution < 1.29 is 0 Å². The smallest absolute Gasteiger partial charge is 0.0322 e. The topological polar surface area (TPSA) is 0 Å². The third kappa shape index (κ3) is 10.0. The lowest BCUT2D eigenvalue weighted by Gasteiger charge is -2.11. The maximum absolute atomic E-state index is 3.88. The van der Waals surface area contributed by atoms with Crippen LogP contribution in [0, 0.1) is 19.8 Å². The molecule has 0 heteroatoms. The summed E-state index contributed by atoms with van der Waals surface area (Å²) in [5.41, 5.74) is 0. The van der Waals surface area contributed by atoms with Crippen molar-refractivity contribution in [3.8, 4) is 0 Å². The summed E-state index contributed by atoms with van der Waals surface area (Å²) >= 11 is 0. The third-order valence-corrected chi connectivity index (χ3v) is 2.95. The van der Waals surface area contributed by atoms with Gasteiger partial charge in [0.05, 0.1) is 0 Å². The first-order valence-corrected chi connectivity index (χ1v) is 6.58. The molecule has 0 nitrogen and oxygen atoms in total. The van der Waals surface area contributed by atoms with Gasteiger partial charge in [-0.3, -0.25) is 0 Å². The highest BCUT2D eigenvalue weighted by atomic mass is 14.1. The summed E-state index contributed by atoms with van der Waals surface area (Å²) in [5.74, 6) is 0.899. The molecule has 0 rings (SSSR count). The SMILES string of the molecule is [CH2]CCC=CCC(CC)CCCCC[CH2]. The molecule has 15 heavy (non-hydrogen) atoms. The van der Waals surface area contributed by atoms with Gasteiger partial charge in [-0.25, -0.2) is 0 Å². The molecule has 0 saturated carbocycles. The number of hydrogen-bond donors (Lipinski definition) is 0. The number of allylic oxidation sites excluding steroid dienone is 2. The van der Waals surface area contributed by atoms with Crippen molar-refractivity contribution in [1.29, 1.82) is 0 Å². The fraction of sp³-hybridized carbons (Fsp3) is 0.733. The Balaban J connectivity index is 3.45. The second-order valence-corrected chi connectivity index (χ2v) is 4.33. The van der Waals surface area contributed by atoms with Crippen LogP contribution in [0.25, 0.3) is 0 Å². The first kappa shape index (κ1) is 14.7. The molecule has 1 unspecified atom stereocenters. The maximum Gasteiger partial charge on any atom is -0.0322 e. The van der Waals surface area contributed by atoms with E-state index in [0.717, 1.165) is 25.2 Å². The molecular weight excluding hydrogens is 180 g/mol. The minimum absolute atomic E-state index is 0.899. The van der Waals surface area contributed by atoms with E-state index < -0.39 is 0 Å². The Bertz CT molecular complexity index is 135. The van der Waals surface area contributed by atoms with Gasteiger partial charge in [-0.05, 0) is 25.2 Å². The molecule has 0 heterocycles. The Kier molecular flexibility index (Phi) is 11.6. The average Bonchev–Trinajstić information content (AvgIpc) is 2.27. The molecule has 0 fully saturated rings. The molecule has 0 aromatic heterocycles. The largest absolute Gasteiger partial charge is 0.0885 e. The molecule has 88 valence electrons. The summed E-state index contributed by atoms with van der Waals surface area (Å²) in [7, 11) is 0. The average molecular weight is 208 g/mol. The van der Waals surface area contributed by atoms with Gasteiger partial charge in [-0.15, -0.1) is 0 Å². The van der Waals surface area contributed by atoms with Crippen molar-refractivity contribution in [3.63, 3.8) is 0 Å². The third-order valence-electron chi connectivity index (χ3n) is 2.95. The number of unbranched alkanes of at least 4 members (excludes halogenated alkanes) is 4. The lowest BCUT2D eigenvalue weighted by molar-refractivity contribution is 0.447. The van der Waals surface area contributed by atoms with E-state index in [-0.39, 0.29) is 0 Å². The summed E-state index contributed by atoms with van der Waals surface area (Å²) < 4.78 is 0. The number of rotatable bonds is 10. The molecule has 2 radical (unpaired) electrons. The van der Waals surface area contributed by atoms with Crippen molar-refractivity contribution in [2.24, 2.45) is 5.92 Å². The molecule has 0 aromatic rings. The molecular formula is C15H28. The van der Waals surface area contributed by atoms with Crippen LogP contribution in [0.4, 0.5) is 0 Å². The molecule has 0 aliphatic carbocycles. The van der Waals surface area contributed by atoms with Crippen molar-refractivity contribution >= 4 is 0 Å². The lowest BCUT2D eigenvalue weighted by atomic mass is 9.95. The van der Waals surface area contributed by atoms with E-state index in [0.29, 0.717) is 0 Å². The Hall–Kier alpha value is -0.260. The van der Waals surface area contributed by atoms with E-state index in [1.807, 2.05) is 0 Å². The van der Waals surface area contributed by atoms with Gasteiger partial charge in [-0.1, -0.05) is 71.4 Å². The van der Waals surface area contributed by atoms with E-state index >= 15 is 0 Å². The van der Waals surface area contributed by atoms with Gasteiger partial charge in [0.25, 0.3) is 0 Å². The summed E-state index contributed by atoms with van der Waals surface area (Å²) in [4.78, 5) is 0. The first-order chi connectivity index (χ1) is 7.35. The molecule has 0 aromatic carbocycles. The Labute approximate surface area is 97.2 Å². The van der Waals surface area contributed by atoms with E-state index in [9.17, 15) is 0 Å². The van der Waals surface area contributed by atoms with Gasteiger partial charge < -0.3 is 0 Å². The zero-order chi connectivity index (χ0) is 11.4. The quantitative estimate of drug-likeness (QED) is 0.335. The van der Waals surface area contributed by atoms with Crippen LogP contribution in [-0.2, 0) is 0 Å². The second-order valence-electron chi connectivity index (χ2n) is 4.33. The van der Waals surface area contributed by atoms with Crippen molar-refractivity contribution in [3.05, 3.63) is 26.0 Å². The molecule has 0 amide bonds. The van der Waals surface area contributed by atoms with Gasteiger partial charge in [-0.2, -0.15) is 0 Å². The van der Waals surface area contributed by atoms with E-state index in [1.165, 1.54) is 38.5 Å². The Morgan fingerprint density at radius 2 is 1.80 bits per heavy atom. The molecule has 1 atom stereocenters. The van der Waals surface area contributed by atoms with Crippen LogP contribution in [0.2, 0.25) is 0 Å². The zero-order valence-electron chi connectivity index (χ0n) is 10.5. The molecule has 0 saturated heterocycles. The van der Waals surface area contributed by atoms with Gasteiger partial charge in [0, 0.05) is 0 Å². The first-order valence-electron chi connectivity index (χ1n) is 6.58. The standard InChI is InChI=1S/C15H28/c1-4-7-9-11-13-15(6-3)14-12-10-8-5-2/h9,11,15H,1-2,4-8,10,12-14H2,3H3.